The van der Waals surface area contributed by atoms with Crippen LogP contribution in [0.2, 0.25) is 5.02 Å². The quantitative estimate of drug-likeness (QED) is 0.663. The smallest absolute Gasteiger partial charge is 0.0406 e. The van der Waals surface area contributed by atoms with E-state index in [1.165, 1.54) is 5.56 Å². The van der Waals surface area contributed by atoms with Crippen LogP contribution in [0.25, 0.3) is 0 Å². The summed E-state index contributed by atoms with van der Waals surface area (Å²) in [6, 6.07) is 7.95. The Kier molecular flexibility index (Phi) is 4.18. The van der Waals surface area contributed by atoms with Gasteiger partial charge in [-0.2, -0.15) is 0 Å². The molecule has 0 aromatic heterocycles. The average molecular weight is 282 g/mol. The van der Waals surface area contributed by atoms with Gasteiger partial charge in [0.2, 0.25) is 0 Å². The summed E-state index contributed by atoms with van der Waals surface area (Å²) in [5, 5.41) is 0.802. The highest BCUT2D eigenvalue weighted by Crippen LogP contribution is 2.09. The molecule has 0 atom stereocenters. The Morgan fingerprint density at radius 2 is 1.91 bits per heavy atom. The largest absolute Gasteiger partial charge is 0.261 e. The Balaban J connectivity index is 2.52. The van der Waals surface area contributed by atoms with Crippen molar-refractivity contribution >= 4 is 34.5 Å². The van der Waals surface area contributed by atoms with E-state index < -0.39 is 0 Å². The molecule has 11 heavy (non-hydrogen) atoms. The molecule has 1 N–H and O–H groups in total. The Morgan fingerprint density at radius 3 is 2.45 bits per heavy atom. The van der Waals surface area contributed by atoms with Gasteiger partial charge in [-0.3, -0.25) is 3.53 Å². The highest BCUT2D eigenvalue weighted by Gasteiger charge is 1.91. The number of benzene rings is 1. The van der Waals surface area contributed by atoms with E-state index in [1.54, 1.807) is 0 Å². The summed E-state index contributed by atoms with van der Waals surface area (Å²) in [6.45, 7) is 1.00. The van der Waals surface area contributed by atoms with Crippen LogP contribution in [0.1, 0.15) is 5.56 Å². The molecule has 1 aromatic rings. The maximum absolute atomic E-state index is 5.73. The molecule has 0 saturated heterocycles. The number of hydrogen-bond donors (Lipinski definition) is 1. The van der Waals surface area contributed by atoms with Crippen LogP contribution in [0.4, 0.5) is 0 Å². The first-order valence-electron chi connectivity index (χ1n) is 3.41. The molecule has 0 amide bonds. The second kappa shape index (κ2) is 4.95. The summed E-state index contributed by atoms with van der Waals surface area (Å²) >= 11 is 7.87. The Morgan fingerprint density at radius 1 is 1.27 bits per heavy atom. The second-order valence-electron chi connectivity index (χ2n) is 2.26. The van der Waals surface area contributed by atoms with Crippen molar-refractivity contribution in [3.63, 3.8) is 0 Å². The number of nitrogens with one attached hydrogen (secondary N) is 1. The van der Waals surface area contributed by atoms with E-state index in [-0.39, 0.29) is 0 Å². The van der Waals surface area contributed by atoms with Crippen LogP contribution in [-0.2, 0) is 6.42 Å². The fraction of sp³-hybridized carbons (Fsp3) is 0.250. The van der Waals surface area contributed by atoms with E-state index in [2.05, 4.69) is 38.5 Å². The van der Waals surface area contributed by atoms with Crippen LogP contribution in [0.3, 0.4) is 0 Å². The Hall–Kier alpha value is 0.200. The van der Waals surface area contributed by atoms with Crippen molar-refractivity contribution in [1.82, 2.24) is 3.53 Å². The second-order valence-corrected chi connectivity index (χ2v) is 3.46. The van der Waals surface area contributed by atoms with Crippen molar-refractivity contribution < 1.29 is 0 Å². The minimum absolute atomic E-state index is 0.802. The molecule has 0 heterocycles. The highest BCUT2D eigenvalue weighted by molar-refractivity contribution is 14.1. The summed E-state index contributed by atoms with van der Waals surface area (Å²) in [5.41, 5.74) is 1.32. The molecule has 0 spiro atoms. The van der Waals surface area contributed by atoms with Crippen molar-refractivity contribution in [1.29, 1.82) is 0 Å². The fourth-order valence-corrected chi connectivity index (χ4v) is 1.24. The van der Waals surface area contributed by atoms with Gasteiger partial charge in [0.1, 0.15) is 0 Å². The lowest BCUT2D eigenvalue weighted by Crippen LogP contribution is -2.03. The molecular weight excluding hydrogens is 272 g/mol. The topological polar surface area (TPSA) is 12.0 Å². The van der Waals surface area contributed by atoms with Gasteiger partial charge in [-0.15, -0.1) is 0 Å². The lowest BCUT2D eigenvalue weighted by molar-refractivity contribution is 0.932. The van der Waals surface area contributed by atoms with E-state index in [1.807, 2.05) is 12.1 Å². The first kappa shape index (κ1) is 9.29. The van der Waals surface area contributed by atoms with Crippen molar-refractivity contribution in [2.75, 3.05) is 6.54 Å². The summed E-state index contributed by atoms with van der Waals surface area (Å²) in [6.07, 6.45) is 1.06. The minimum atomic E-state index is 0.802. The van der Waals surface area contributed by atoms with Crippen LogP contribution < -0.4 is 3.53 Å². The molecule has 0 aliphatic heterocycles. The zero-order chi connectivity index (χ0) is 8.10. The third kappa shape index (κ3) is 3.40. The van der Waals surface area contributed by atoms with Gasteiger partial charge in [0.05, 0.1) is 0 Å². The van der Waals surface area contributed by atoms with E-state index in [0.29, 0.717) is 0 Å². The van der Waals surface area contributed by atoms with Crippen LogP contribution >= 0.6 is 34.5 Å². The van der Waals surface area contributed by atoms with Crippen molar-refractivity contribution in [3.8, 4) is 0 Å². The van der Waals surface area contributed by atoms with Gasteiger partial charge in [0.15, 0.2) is 0 Å². The van der Waals surface area contributed by atoms with E-state index >= 15 is 0 Å². The first-order chi connectivity index (χ1) is 5.33. The Bertz CT molecular complexity index is 210. The molecule has 1 nitrogen and oxygen atoms in total. The van der Waals surface area contributed by atoms with Gasteiger partial charge in [0, 0.05) is 34.4 Å². The molecule has 0 radical (unpaired) electrons. The molecule has 3 heteroatoms. The highest BCUT2D eigenvalue weighted by atomic mass is 127. The molecule has 0 fully saturated rings. The zero-order valence-corrected chi connectivity index (χ0v) is 8.89. The summed E-state index contributed by atoms with van der Waals surface area (Å²) < 4.78 is 3.07. The predicted octanol–water partition coefficient (Wildman–Crippen LogP) is 2.82. The van der Waals surface area contributed by atoms with Crippen LogP contribution in [0.5, 0.6) is 0 Å². The van der Waals surface area contributed by atoms with E-state index in [9.17, 15) is 0 Å². The SMILES string of the molecule is Clc1ccc(CCNI)cc1. The summed E-state index contributed by atoms with van der Waals surface area (Å²) in [5.74, 6) is 0. The van der Waals surface area contributed by atoms with E-state index in [4.69, 9.17) is 11.6 Å². The minimum Gasteiger partial charge on any atom is -0.261 e. The monoisotopic (exact) mass is 281 g/mol. The van der Waals surface area contributed by atoms with Crippen molar-refractivity contribution in [2.24, 2.45) is 0 Å². The maximum Gasteiger partial charge on any atom is 0.0406 e. The third-order valence-electron chi connectivity index (χ3n) is 1.42. The first-order valence-corrected chi connectivity index (χ1v) is 4.86. The number of halogens is 2. The van der Waals surface area contributed by atoms with Crippen LogP contribution in [0.15, 0.2) is 24.3 Å². The fourth-order valence-electron chi connectivity index (χ4n) is 0.843. The summed E-state index contributed by atoms with van der Waals surface area (Å²) in [4.78, 5) is 0. The Labute approximate surface area is 85.6 Å². The normalized spacial score (nSPS) is 10.0. The number of hydrogen-bond acceptors (Lipinski definition) is 1. The predicted molar refractivity (Wildman–Crippen MR) is 57.2 cm³/mol. The average Bonchev–Trinajstić information content (AvgIpc) is 2.04. The van der Waals surface area contributed by atoms with E-state index in [0.717, 1.165) is 18.0 Å². The van der Waals surface area contributed by atoms with Gasteiger partial charge in [-0.05, 0) is 24.1 Å². The lowest BCUT2D eigenvalue weighted by atomic mass is 10.2. The standard InChI is InChI=1S/C8H9ClIN/c9-8-3-1-7(2-4-8)5-6-11-10/h1-4,11H,5-6H2. The number of rotatable bonds is 3. The van der Waals surface area contributed by atoms with Crippen LogP contribution in [0, 0.1) is 0 Å². The third-order valence-corrected chi connectivity index (χ3v) is 2.21. The zero-order valence-electron chi connectivity index (χ0n) is 5.98. The van der Waals surface area contributed by atoms with Gasteiger partial charge >= 0.3 is 0 Å². The molecule has 0 saturated carbocycles. The van der Waals surface area contributed by atoms with Gasteiger partial charge in [-0.1, -0.05) is 23.7 Å². The molecule has 60 valence electrons. The van der Waals surface area contributed by atoms with Crippen LogP contribution in [-0.4, -0.2) is 6.54 Å². The molecule has 0 unspecified atom stereocenters. The molecule has 1 rings (SSSR count). The van der Waals surface area contributed by atoms with Gasteiger partial charge < -0.3 is 0 Å². The van der Waals surface area contributed by atoms with Gasteiger partial charge in [0.25, 0.3) is 0 Å². The van der Waals surface area contributed by atoms with Crippen molar-refractivity contribution in [3.05, 3.63) is 34.9 Å². The van der Waals surface area contributed by atoms with Gasteiger partial charge in [-0.25, -0.2) is 0 Å². The molecule has 1 aromatic carbocycles. The van der Waals surface area contributed by atoms with Crippen molar-refractivity contribution in [2.45, 2.75) is 6.42 Å². The molecule has 0 bridgehead atoms. The molecule has 0 aliphatic carbocycles. The molecular formula is C8H9ClIN. The maximum atomic E-state index is 5.73. The molecule has 0 aliphatic rings. The lowest BCUT2D eigenvalue weighted by Gasteiger charge is -1.98. The summed E-state index contributed by atoms with van der Waals surface area (Å²) in [7, 11) is 0.